The van der Waals surface area contributed by atoms with Gasteiger partial charge in [-0.3, -0.25) is 9.88 Å². The molecule has 0 saturated carbocycles. The summed E-state index contributed by atoms with van der Waals surface area (Å²) >= 11 is 0. The maximum Gasteiger partial charge on any atom is 0.138 e. The van der Waals surface area contributed by atoms with Crippen molar-refractivity contribution in [2.24, 2.45) is 0 Å². The van der Waals surface area contributed by atoms with Crippen molar-refractivity contribution < 1.29 is 4.42 Å². The van der Waals surface area contributed by atoms with E-state index in [1.807, 2.05) is 30.5 Å². The largest absolute Gasteiger partial charge is 0.456 e. The van der Waals surface area contributed by atoms with E-state index in [0.717, 1.165) is 60.9 Å². The Labute approximate surface area is 218 Å². The van der Waals surface area contributed by atoms with Gasteiger partial charge in [0.1, 0.15) is 17.0 Å². The lowest BCUT2D eigenvalue weighted by Gasteiger charge is -2.25. The van der Waals surface area contributed by atoms with Crippen molar-refractivity contribution in [3.05, 3.63) is 128 Å². The van der Waals surface area contributed by atoms with Crippen molar-refractivity contribution in [1.82, 2.24) is 9.97 Å². The summed E-state index contributed by atoms with van der Waals surface area (Å²) < 4.78 is 6.38. The quantitative estimate of drug-likeness (QED) is 0.249. The first-order valence-corrected chi connectivity index (χ1v) is 12.7. The van der Waals surface area contributed by atoms with Gasteiger partial charge in [-0.25, -0.2) is 4.98 Å². The summed E-state index contributed by atoms with van der Waals surface area (Å²) in [4.78, 5) is 11.8. The second kappa shape index (κ2) is 8.15. The van der Waals surface area contributed by atoms with Crippen molar-refractivity contribution >= 4 is 71.7 Å². The Bertz CT molecular complexity index is 2080. The first kappa shape index (κ1) is 20.9. The monoisotopic (exact) mass is 487 g/mol. The molecule has 0 N–H and O–H groups in total. The summed E-state index contributed by atoms with van der Waals surface area (Å²) in [6.45, 7) is 0. The Balaban J connectivity index is 1.35. The number of furan rings is 1. The van der Waals surface area contributed by atoms with E-state index in [9.17, 15) is 0 Å². The molecule has 0 aliphatic rings. The van der Waals surface area contributed by atoms with Gasteiger partial charge in [0.2, 0.25) is 0 Å². The Morgan fingerprint density at radius 3 is 2.18 bits per heavy atom. The number of benzene rings is 5. The number of para-hydroxylation sites is 1. The number of aromatic nitrogens is 2. The average Bonchev–Trinajstić information content (AvgIpc) is 3.32. The molecule has 0 amide bonds. The zero-order valence-electron chi connectivity index (χ0n) is 20.4. The molecular formula is C34H21N3O. The third-order valence-electron chi connectivity index (χ3n) is 7.24. The summed E-state index contributed by atoms with van der Waals surface area (Å²) in [6.07, 6.45) is 1.81. The van der Waals surface area contributed by atoms with Crippen LogP contribution in [-0.2, 0) is 0 Å². The van der Waals surface area contributed by atoms with Crippen LogP contribution in [0.2, 0.25) is 0 Å². The molecule has 0 unspecified atom stereocenters. The Kier molecular flexibility index (Phi) is 4.49. The zero-order valence-corrected chi connectivity index (χ0v) is 20.4. The van der Waals surface area contributed by atoms with E-state index in [1.54, 1.807) is 0 Å². The number of hydrogen-bond acceptors (Lipinski definition) is 4. The summed E-state index contributed by atoms with van der Waals surface area (Å²) in [6, 6.07) is 42.0. The van der Waals surface area contributed by atoms with Gasteiger partial charge < -0.3 is 4.42 Å². The highest BCUT2D eigenvalue weighted by Crippen LogP contribution is 2.39. The van der Waals surface area contributed by atoms with Gasteiger partial charge in [-0.15, -0.1) is 0 Å². The average molecular weight is 488 g/mol. The molecule has 3 heterocycles. The van der Waals surface area contributed by atoms with Crippen LogP contribution in [-0.4, -0.2) is 9.97 Å². The van der Waals surface area contributed by atoms with E-state index in [2.05, 4.69) is 107 Å². The van der Waals surface area contributed by atoms with E-state index in [-0.39, 0.29) is 0 Å². The van der Waals surface area contributed by atoms with E-state index in [4.69, 9.17) is 9.40 Å². The van der Waals surface area contributed by atoms with Gasteiger partial charge in [-0.05, 0) is 65.4 Å². The van der Waals surface area contributed by atoms with Gasteiger partial charge in [-0.1, -0.05) is 54.6 Å². The van der Waals surface area contributed by atoms with Crippen molar-refractivity contribution in [3.8, 4) is 0 Å². The highest BCUT2D eigenvalue weighted by Gasteiger charge is 2.17. The zero-order chi connectivity index (χ0) is 25.1. The molecule has 0 aliphatic carbocycles. The Hall–Kier alpha value is -5.22. The van der Waals surface area contributed by atoms with Crippen LogP contribution in [0, 0.1) is 0 Å². The minimum absolute atomic E-state index is 0.833. The van der Waals surface area contributed by atoms with Crippen LogP contribution in [0.25, 0.3) is 54.5 Å². The Morgan fingerprint density at radius 1 is 0.500 bits per heavy atom. The summed E-state index contributed by atoms with van der Waals surface area (Å²) in [5.41, 5.74) is 5.58. The molecular weight excluding hydrogens is 466 g/mol. The normalized spacial score (nSPS) is 11.7. The van der Waals surface area contributed by atoms with Gasteiger partial charge in [0, 0.05) is 45.6 Å². The number of rotatable bonds is 3. The van der Waals surface area contributed by atoms with Crippen LogP contribution in [0.4, 0.5) is 17.2 Å². The predicted octanol–water partition coefficient (Wildman–Crippen LogP) is 9.31. The van der Waals surface area contributed by atoms with Crippen LogP contribution >= 0.6 is 0 Å². The first-order chi connectivity index (χ1) is 18.8. The number of anilines is 3. The summed E-state index contributed by atoms with van der Waals surface area (Å²) in [5, 5.41) is 6.77. The summed E-state index contributed by atoms with van der Waals surface area (Å²) in [7, 11) is 0. The lowest BCUT2D eigenvalue weighted by Crippen LogP contribution is -2.11. The van der Waals surface area contributed by atoms with Crippen LogP contribution in [0.3, 0.4) is 0 Å². The Morgan fingerprint density at radius 2 is 1.24 bits per heavy atom. The van der Waals surface area contributed by atoms with E-state index in [0.29, 0.717) is 0 Å². The van der Waals surface area contributed by atoms with Crippen molar-refractivity contribution in [1.29, 1.82) is 0 Å². The van der Waals surface area contributed by atoms with Gasteiger partial charge >= 0.3 is 0 Å². The van der Waals surface area contributed by atoms with Gasteiger partial charge in [-0.2, -0.15) is 0 Å². The molecule has 4 nitrogen and oxygen atoms in total. The maximum atomic E-state index is 6.38. The second-order valence-electron chi connectivity index (χ2n) is 9.56. The van der Waals surface area contributed by atoms with Crippen LogP contribution in [0.1, 0.15) is 0 Å². The lowest BCUT2D eigenvalue weighted by atomic mass is 10.1. The molecule has 0 atom stereocenters. The molecule has 4 heteroatoms. The molecule has 38 heavy (non-hydrogen) atoms. The minimum Gasteiger partial charge on any atom is -0.456 e. The molecule has 8 rings (SSSR count). The van der Waals surface area contributed by atoms with Crippen LogP contribution in [0.5, 0.6) is 0 Å². The molecule has 0 fully saturated rings. The fourth-order valence-electron chi connectivity index (χ4n) is 5.38. The fourth-order valence-corrected chi connectivity index (χ4v) is 5.38. The highest BCUT2D eigenvalue weighted by atomic mass is 16.3. The molecule has 0 spiro atoms. The highest BCUT2D eigenvalue weighted by molar-refractivity contribution is 6.10. The number of nitrogens with zero attached hydrogens (tertiary/aromatic N) is 3. The van der Waals surface area contributed by atoms with Crippen LogP contribution < -0.4 is 4.90 Å². The van der Waals surface area contributed by atoms with Crippen molar-refractivity contribution in [2.45, 2.75) is 0 Å². The van der Waals surface area contributed by atoms with Crippen molar-refractivity contribution in [3.63, 3.8) is 0 Å². The first-order valence-electron chi connectivity index (χ1n) is 12.7. The second-order valence-corrected chi connectivity index (χ2v) is 9.56. The smallest absolute Gasteiger partial charge is 0.138 e. The van der Waals surface area contributed by atoms with Crippen molar-refractivity contribution in [2.75, 3.05) is 4.90 Å². The number of hydrogen-bond donors (Lipinski definition) is 0. The van der Waals surface area contributed by atoms with Gasteiger partial charge in [0.05, 0.1) is 16.7 Å². The molecule has 8 aromatic rings. The standard InChI is InChI=1S/C34H21N3O/c1-2-8-24-18-26(13-11-22(24)6-1)37(34-16-12-23-7-3-4-10-30(23)36-34)27-14-15-28-29-19-25-9-5-17-35-31(25)21-33(29)38-32(28)20-27/h1-21H. The van der Waals surface area contributed by atoms with Gasteiger partial charge in [0.15, 0.2) is 0 Å². The SMILES string of the molecule is c1ccc2cc(N(c3ccc4c(c3)oc3cc5ncccc5cc34)c3ccc4ccccc4n3)ccc2c1. The lowest BCUT2D eigenvalue weighted by molar-refractivity contribution is 0.669. The molecule has 5 aromatic carbocycles. The fraction of sp³-hybridized carbons (Fsp3) is 0. The predicted molar refractivity (Wildman–Crippen MR) is 157 cm³/mol. The maximum absolute atomic E-state index is 6.38. The summed E-state index contributed by atoms with van der Waals surface area (Å²) in [5.74, 6) is 0.851. The molecule has 0 bridgehead atoms. The van der Waals surface area contributed by atoms with E-state index < -0.39 is 0 Å². The molecule has 0 saturated heterocycles. The molecule has 3 aromatic heterocycles. The third kappa shape index (κ3) is 3.31. The molecule has 0 radical (unpaired) electrons. The minimum atomic E-state index is 0.833. The topological polar surface area (TPSA) is 42.2 Å². The molecule has 0 aliphatic heterocycles. The van der Waals surface area contributed by atoms with Crippen LogP contribution in [0.15, 0.2) is 132 Å². The van der Waals surface area contributed by atoms with E-state index >= 15 is 0 Å². The van der Waals surface area contributed by atoms with E-state index in [1.165, 1.54) is 10.8 Å². The number of pyridine rings is 2. The third-order valence-corrected chi connectivity index (χ3v) is 7.24. The molecule has 178 valence electrons. The van der Waals surface area contributed by atoms with Gasteiger partial charge in [0.25, 0.3) is 0 Å². The number of fused-ring (bicyclic) bond motifs is 6.